The number of hydrogen-bond acceptors (Lipinski definition) is 2. The van der Waals surface area contributed by atoms with Crippen LogP contribution in [0.2, 0.25) is 0 Å². The van der Waals surface area contributed by atoms with Crippen LogP contribution in [0.25, 0.3) is 5.57 Å². The number of para-hydroxylation sites is 1. The Labute approximate surface area is 124 Å². The van der Waals surface area contributed by atoms with Crippen molar-refractivity contribution in [3.8, 4) is 5.75 Å². The molecule has 0 unspecified atom stereocenters. The van der Waals surface area contributed by atoms with E-state index in [2.05, 4.69) is 45.9 Å². The van der Waals surface area contributed by atoms with E-state index in [-0.39, 0.29) is 22.6 Å². The predicted octanol–water partition coefficient (Wildman–Crippen LogP) is 5.06. The first kappa shape index (κ1) is 14.0. The average molecular weight is 327 g/mol. The maximum absolute atomic E-state index is 6.15. The van der Waals surface area contributed by atoms with E-state index >= 15 is 0 Å². The lowest BCUT2D eigenvalue weighted by atomic mass is 9.89. The molecule has 2 aliphatic heterocycles. The first-order chi connectivity index (χ1) is 7.89. The fraction of sp³-hybridized carbons (Fsp3) is 0.467. The van der Waals surface area contributed by atoms with Gasteiger partial charge in [0.05, 0.1) is 0 Å². The monoisotopic (exact) mass is 326 g/mol. The van der Waals surface area contributed by atoms with Crippen LogP contribution in [0.4, 0.5) is 0 Å². The molecule has 1 aromatic carbocycles. The Bertz CT molecular complexity index is 517. The molecule has 0 amide bonds. The van der Waals surface area contributed by atoms with Gasteiger partial charge < -0.3 is 4.74 Å². The van der Waals surface area contributed by atoms with Gasteiger partial charge in [-0.05, 0) is 31.9 Å². The van der Waals surface area contributed by atoms with Crippen LogP contribution < -0.4 is 4.74 Å². The number of thioether (sulfide) groups is 1. The summed E-state index contributed by atoms with van der Waals surface area (Å²) in [6.07, 6.45) is 1.14. The van der Waals surface area contributed by atoms with E-state index < -0.39 is 0 Å². The average Bonchev–Trinajstić information content (AvgIpc) is 2.55. The van der Waals surface area contributed by atoms with Crippen molar-refractivity contribution >= 4 is 34.3 Å². The first-order valence-electron chi connectivity index (χ1n) is 6.10. The Kier molecular flexibility index (Phi) is 3.35. The molecule has 0 bridgehead atoms. The molecule has 0 aromatic heterocycles. The molecule has 2 aliphatic rings. The Morgan fingerprint density at radius 2 is 1.78 bits per heavy atom. The number of allylic oxidation sites excluding steroid dienone is 1. The van der Waals surface area contributed by atoms with Gasteiger partial charge in [0.2, 0.25) is 0 Å². The van der Waals surface area contributed by atoms with E-state index in [1.165, 1.54) is 16.0 Å². The zero-order valence-electron chi connectivity index (χ0n) is 11.2. The lowest BCUT2D eigenvalue weighted by Crippen LogP contribution is -2.32. The molecule has 1 aromatic rings. The lowest BCUT2D eigenvalue weighted by Gasteiger charge is -2.34. The van der Waals surface area contributed by atoms with Crippen molar-refractivity contribution in [2.45, 2.75) is 44.5 Å². The molecule has 0 spiro atoms. The van der Waals surface area contributed by atoms with Gasteiger partial charge in [0, 0.05) is 15.2 Å². The van der Waals surface area contributed by atoms with Crippen molar-refractivity contribution in [1.82, 2.24) is 0 Å². The third-order valence-corrected chi connectivity index (χ3v) is 5.02. The molecule has 0 saturated heterocycles. The summed E-state index contributed by atoms with van der Waals surface area (Å²) in [5.74, 6) is 1.04. The minimum atomic E-state index is -0.178. The second-order valence-electron chi connectivity index (χ2n) is 5.95. The van der Waals surface area contributed by atoms with Crippen LogP contribution in [-0.2, 0) is 0 Å². The zero-order chi connectivity index (χ0) is 12.3. The maximum Gasteiger partial charge on any atom is 0.134 e. The Morgan fingerprint density at radius 3 is 2.50 bits per heavy atom. The van der Waals surface area contributed by atoms with Gasteiger partial charge in [0.25, 0.3) is 0 Å². The number of fused-ring (bicyclic) bond motifs is 2. The lowest BCUT2D eigenvalue weighted by molar-refractivity contribution is 0.154. The smallest absolute Gasteiger partial charge is 0.134 e. The fourth-order valence-electron chi connectivity index (χ4n) is 2.71. The molecule has 0 atom stereocenters. The molecule has 3 heteroatoms. The Hall–Kier alpha value is -0.410. The molecule has 0 saturated carbocycles. The molecule has 0 radical (unpaired) electrons. The van der Waals surface area contributed by atoms with Gasteiger partial charge in [0.15, 0.2) is 0 Å². The second kappa shape index (κ2) is 4.31. The van der Waals surface area contributed by atoms with Crippen LogP contribution in [0.3, 0.4) is 0 Å². The van der Waals surface area contributed by atoms with E-state index in [1.807, 2.05) is 17.8 Å². The summed E-state index contributed by atoms with van der Waals surface area (Å²) in [4.78, 5) is 1.42. The van der Waals surface area contributed by atoms with Gasteiger partial charge >= 0.3 is 0 Å². The summed E-state index contributed by atoms with van der Waals surface area (Å²) in [5.41, 5.74) is 2.61. The van der Waals surface area contributed by atoms with Crippen molar-refractivity contribution in [1.29, 1.82) is 0 Å². The quantitative estimate of drug-likeness (QED) is 0.658. The number of benzene rings is 1. The summed E-state index contributed by atoms with van der Waals surface area (Å²) in [6, 6.07) is 8.41. The normalized spacial score (nSPS) is 22.7. The van der Waals surface area contributed by atoms with E-state index in [4.69, 9.17) is 4.74 Å². The van der Waals surface area contributed by atoms with Crippen LogP contribution in [0.1, 0.15) is 39.7 Å². The molecular formula is C15H19BrOS. The van der Waals surface area contributed by atoms with E-state index in [0.29, 0.717) is 4.75 Å². The highest BCUT2D eigenvalue weighted by molar-refractivity contribution is 8.93. The Morgan fingerprint density at radius 1 is 1.11 bits per heavy atom. The summed E-state index contributed by atoms with van der Waals surface area (Å²) in [6.45, 7) is 8.97. The second-order valence-corrected chi connectivity index (χ2v) is 7.67. The van der Waals surface area contributed by atoms with Crippen molar-refractivity contribution in [2.24, 2.45) is 0 Å². The van der Waals surface area contributed by atoms with Gasteiger partial charge in [0.1, 0.15) is 11.4 Å². The molecule has 0 fully saturated rings. The molecular weight excluding hydrogens is 308 g/mol. The van der Waals surface area contributed by atoms with Crippen molar-refractivity contribution in [3.05, 3.63) is 34.7 Å². The number of ether oxygens (including phenoxy) is 1. The highest BCUT2D eigenvalue weighted by atomic mass is 79.9. The van der Waals surface area contributed by atoms with E-state index in [9.17, 15) is 0 Å². The molecule has 0 aliphatic carbocycles. The third-order valence-electron chi connectivity index (χ3n) is 3.38. The summed E-state index contributed by atoms with van der Waals surface area (Å²) in [5, 5.41) is 0. The molecule has 2 heterocycles. The van der Waals surface area contributed by atoms with Gasteiger partial charge in [-0.2, -0.15) is 0 Å². The minimum Gasteiger partial charge on any atom is -0.482 e. The number of halogens is 1. The summed E-state index contributed by atoms with van der Waals surface area (Å²) < 4.78 is 6.44. The fourth-order valence-corrected chi connectivity index (χ4v) is 4.07. The standard InChI is InChI=1S/C15H18OS.BrH/c1-14(2)9-11-10-7-5-6-8-12(10)16-15(3,4)13(11)17-14;/h5-8H,9H2,1-4H3;1H. The summed E-state index contributed by atoms with van der Waals surface area (Å²) >= 11 is 1.98. The third kappa shape index (κ3) is 2.12. The predicted molar refractivity (Wildman–Crippen MR) is 84.7 cm³/mol. The first-order valence-corrected chi connectivity index (χ1v) is 6.92. The highest BCUT2D eigenvalue weighted by Crippen LogP contribution is 2.57. The highest BCUT2D eigenvalue weighted by Gasteiger charge is 2.43. The molecule has 0 N–H and O–H groups in total. The van der Waals surface area contributed by atoms with Crippen LogP contribution in [0, 0.1) is 0 Å². The minimum absolute atomic E-state index is 0. The van der Waals surface area contributed by atoms with Crippen LogP contribution in [0.15, 0.2) is 29.2 Å². The number of rotatable bonds is 0. The van der Waals surface area contributed by atoms with E-state index in [0.717, 1.165) is 12.2 Å². The van der Waals surface area contributed by atoms with Crippen LogP contribution >= 0.6 is 28.7 Å². The molecule has 98 valence electrons. The van der Waals surface area contributed by atoms with Crippen molar-refractivity contribution in [3.63, 3.8) is 0 Å². The van der Waals surface area contributed by atoms with Gasteiger partial charge in [-0.1, -0.05) is 32.0 Å². The Balaban J connectivity index is 0.00000120. The summed E-state index contributed by atoms with van der Waals surface area (Å²) in [7, 11) is 0. The zero-order valence-corrected chi connectivity index (χ0v) is 13.8. The van der Waals surface area contributed by atoms with E-state index in [1.54, 1.807) is 0 Å². The van der Waals surface area contributed by atoms with Crippen molar-refractivity contribution < 1.29 is 4.74 Å². The topological polar surface area (TPSA) is 9.23 Å². The van der Waals surface area contributed by atoms with Gasteiger partial charge in [-0.3, -0.25) is 0 Å². The molecule has 3 rings (SSSR count). The van der Waals surface area contributed by atoms with Crippen LogP contribution in [0.5, 0.6) is 5.75 Å². The largest absolute Gasteiger partial charge is 0.482 e. The molecule has 18 heavy (non-hydrogen) atoms. The van der Waals surface area contributed by atoms with Crippen molar-refractivity contribution in [2.75, 3.05) is 0 Å². The van der Waals surface area contributed by atoms with Gasteiger partial charge in [-0.15, -0.1) is 28.7 Å². The molecule has 1 nitrogen and oxygen atoms in total. The van der Waals surface area contributed by atoms with Crippen LogP contribution in [-0.4, -0.2) is 10.3 Å². The SMILES string of the molecule is Br.CC1(C)CC2=C(S1)C(C)(C)Oc1ccccc12. The number of hydrogen-bond donors (Lipinski definition) is 0. The maximum atomic E-state index is 6.15. The van der Waals surface area contributed by atoms with Gasteiger partial charge in [-0.25, -0.2) is 0 Å².